The van der Waals surface area contributed by atoms with Crippen LogP contribution in [-0.2, 0) is 9.53 Å². The number of alkyl carbamates (subject to hydrolysis) is 1. The molecule has 4 heteroatoms. The smallest absolute Gasteiger partial charge is 0.413 e. The Bertz CT molecular complexity index is 107. The molecule has 2 amide bonds. The molecule has 0 fully saturated rings. The minimum Gasteiger partial charge on any atom is -0.453 e. The minimum atomic E-state index is -0.738. The molecule has 0 unspecified atom stereocenters. The zero-order chi connectivity index (χ0) is 7.28. The fourth-order valence-electron chi connectivity index (χ4n) is 0.224. The van der Waals surface area contributed by atoms with Crippen molar-refractivity contribution in [3.8, 4) is 0 Å². The number of imide groups is 1. The van der Waals surface area contributed by atoms with Crippen molar-refractivity contribution in [2.24, 2.45) is 0 Å². The van der Waals surface area contributed by atoms with E-state index in [0.29, 0.717) is 0 Å². The van der Waals surface area contributed by atoms with E-state index in [1.807, 2.05) is 5.32 Å². The lowest BCUT2D eigenvalue weighted by molar-refractivity contribution is -0.117. The van der Waals surface area contributed by atoms with Gasteiger partial charge in [0.1, 0.15) is 0 Å². The van der Waals surface area contributed by atoms with Crippen LogP contribution in [0.15, 0.2) is 0 Å². The number of nitrogens with one attached hydrogen (secondary N) is 1. The number of amides is 2. The molecule has 51 valence electrons. The van der Waals surface area contributed by atoms with Crippen LogP contribution in [0.2, 0.25) is 0 Å². The summed E-state index contributed by atoms with van der Waals surface area (Å²) in [5.41, 5.74) is 0. The largest absolute Gasteiger partial charge is 0.453 e. The molecule has 0 spiro atoms. The highest BCUT2D eigenvalue weighted by Crippen LogP contribution is 1.75. The Labute approximate surface area is 53.2 Å². The van der Waals surface area contributed by atoms with Crippen LogP contribution < -0.4 is 5.32 Å². The summed E-state index contributed by atoms with van der Waals surface area (Å²) in [5.74, 6) is -0.457. The normalized spacial score (nSPS) is 8.22. The van der Waals surface area contributed by atoms with Gasteiger partial charge in [-0.1, -0.05) is 6.92 Å². The van der Waals surface area contributed by atoms with Crippen LogP contribution in [-0.4, -0.2) is 19.1 Å². The summed E-state index contributed by atoms with van der Waals surface area (Å²) >= 11 is 0. The highest BCUT2D eigenvalue weighted by molar-refractivity contribution is 5.96. The van der Waals surface area contributed by atoms with Crippen molar-refractivity contribution in [3.05, 3.63) is 6.42 Å². The van der Waals surface area contributed by atoms with Crippen LogP contribution >= 0.6 is 0 Å². The van der Waals surface area contributed by atoms with Crippen LogP contribution in [0, 0.1) is 6.42 Å². The first kappa shape index (κ1) is 7.94. The van der Waals surface area contributed by atoms with E-state index in [-0.39, 0.29) is 0 Å². The van der Waals surface area contributed by atoms with E-state index in [1.54, 1.807) is 0 Å². The fraction of sp³-hybridized carbons (Fsp3) is 0.400. The molecule has 0 aromatic heterocycles. The van der Waals surface area contributed by atoms with Crippen molar-refractivity contribution in [2.75, 3.05) is 7.11 Å². The van der Waals surface area contributed by atoms with Gasteiger partial charge < -0.3 is 4.74 Å². The molecule has 1 N–H and O–H groups in total. The second kappa shape index (κ2) is 3.88. The maximum absolute atomic E-state index is 10.3. The number of carbonyl (C=O) groups excluding carboxylic acids is 2. The summed E-state index contributed by atoms with van der Waals surface area (Å²) in [5, 5.41) is 1.92. The van der Waals surface area contributed by atoms with Crippen molar-refractivity contribution in [1.29, 1.82) is 0 Å². The van der Waals surface area contributed by atoms with Gasteiger partial charge in [0, 0.05) is 6.42 Å². The van der Waals surface area contributed by atoms with Crippen molar-refractivity contribution < 1.29 is 14.3 Å². The molecule has 0 aliphatic rings. The van der Waals surface area contributed by atoms with Gasteiger partial charge >= 0.3 is 6.09 Å². The van der Waals surface area contributed by atoms with Crippen LogP contribution in [0.3, 0.4) is 0 Å². The third kappa shape index (κ3) is 3.52. The predicted octanol–water partition coefficient (Wildman–Crippen LogP) is 0.0932. The van der Waals surface area contributed by atoms with E-state index in [4.69, 9.17) is 0 Å². The summed E-state index contributed by atoms with van der Waals surface area (Å²) in [6.45, 7) is 1.53. The van der Waals surface area contributed by atoms with E-state index in [2.05, 4.69) is 4.74 Å². The molecule has 0 heterocycles. The van der Waals surface area contributed by atoms with E-state index < -0.39 is 12.0 Å². The van der Waals surface area contributed by atoms with Gasteiger partial charge in [0.25, 0.3) is 0 Å². The van der Waals surface area contributed by atoms with Crippen LogP contribution in [0.25, 0.3) is 0 Å². The summed E-state index contributed by atoms with van der Waals surface area (Å²) < 4.78 is 4.13. The molecule has 0 atom stereocenters. The van der Waals surface area contributed by atoms with Gasteiger partial charge in [0.05, 0.1) is 7.11 Å². The number of hydrogen-bond donors (Lipinski definition) is 1. The number of rotatable bonds is 1. The van der Waals surface area contributed by atoms with Gasteiger partial charge in [-0.3, -0.25) is 10.1 Å². The highest BCUT2D eigenvalue weighted by atomic mass is 16.5. The molecule has 9 heavy (non-hydrogen) atoms. The Balaban J connectivity index is 3.47. The predicted molar refractivity (Wildman–Crippen MR) is 30.5 cm³/mol. The minimum absolute atomic E-state index is 0.457. The fourth-order valence-corrected chi connectivity index (χ4v) is 0.224. The topological polar surface area (TPSA) is 55.4 Å². The van der Waals surface area contributed by atoms with Crippen molar-refractivity contribution in [2.45, 2.75) is 6.92 Å². The quantitative estimate of drug-likeness (QED) is 0.547. The van der Waals surface area contributed by atoms with Gasteiger partial charge in [0.15, 0.2) is 0 Å². The SMILES string of the molecule is C[CH]C(=O)NC(=O)OC. The monoisotopic (exact) mass is 130 g/mol. The Morgan fingerprint density at radius 2 is 2.11 bits per heavy atom. The number of methoxy groups -OCH3 is 1. The van der Waals surface area contributed by atoms with E-state index in [0.717, 1.165) is 0 Å². The lowest BCUT2D eigenvalue weighted by Gasteiger charge is -1.97. The molecule has 0 aliphatic heterocycles. The van der Waals surface area contributed by atoms with Crippen molar-refractivity contribution in [1.82, 2.24) is 5.32 Å². The maximum Gasteiger partial charge on any atom is 0.413 e. The Morgan fingerprint density at radius 3 is 2.44 bits per heavy atom. The molecule has 0 saturated carbocycles. The van der Waals surface area contributed by atoms with Gasteiger partial charge in [-0.25, -0.2) is 4.79 Å². The van der Waals surface area contributed by atoms with Gasteiger partial charge in [-0.05, 0) is 0 Å². The lowest BCUT2D eigenvalue weighted by atomic mass is 10.5. The van der Waals surface area contributed by atoms with E-state index in [1.165, 1.54) is 20.5 Å². The number of carbonyl (C=O) groups is 2. The summed E-state index contributed by atoms with van der Waals surface area (Å²) in [6, 6.07) is 0. The van der Waals surface area contributed by atoms with Crippen LogP contribution in [0.5, 0.6) is 0 Å². The van der Waals surface area contributed by atoms with Crippen LogP contribution in [0.1, 0.15) is 6.92 Å². The lowest BCUT2D eigenvalue weighted by Crippen LogP contribution is -2.29. The zero-order valence-corrected chi connectivity index (χ0v) is 5.30. The second-order valence-electron chi connectivity index (χ2n) is 1.27. The molecular formula is C5H8NO3. The molecule has 0 rings (SSSR count). The average Bonchev–Trinajstić information content (AvgIpc) is 1.87. The Hall–Kier alpha value is -1.06. The number of ether oxygens (including phenoxy) is 1. The molecule has 0 aromatic rings. The third-order valence-electron chi connectivity index (χ3n) is 0.673. The molecule has 0 aromatic carbocycles. The zero-order valence-electron chi connectivity index (χ0n) is 5.30. The molecule has 0 bridgehead atoms. The number of hydrogen-bond acceptors (Lipinski definition) is 3. The van der Waals surface area contributed by atoms with Crippen molar-refractivity contribution in [3.63, 3.8) is 0 Å². The second-order valence-corrected chi connectivity index (χ2v) is 1.27. The summed E-state index contributed by atoms with van der Waals surface area (Å²) in [7, 11) is 1.19. The first-order chi connectivity index (χ1) is 4.20. The van der Waals surface area contributed by atoms with E-state index in [9.17, 15) is 9.59 Å². The molecule has 1 radical (unpaired) electrons. The summed E-state index contributed by atoms with van der Waals surface area (Å²) in [4.78, 5) is 20.5. The molecule has 0 saturated heterocycles. The van der Waals surface area contributed by atoms with Gasteiger partial charge in [0.2, 0.25) is 5.91 Å². The Morgan fingerprint density at radius 1 is 1.56 bits per heavy atom. The summed E-state index contributed by atoms with van der Waals surface area (Å²) in [6.07, 6.45) is 0.495. The first-order valence-corrected chi connectivity index (χ1v) is 2.39. The van der Waals surface area contributed by atoms with Crippen LogP contribution in [0.4, 0.5) is 4.79 Å². The Kier molecular flexibility index (Phi) is 3.43. The highest BCUT2D eigenvalue weighted by Gasteiger charge is 2.02. The molecule has 4 nitrogen and oxygen atoms in total. The molecule has 0 aliphatic carbocycles. The average molecular weight is 130 g/mol. The van der Waals surface area contributed by atoms with E-state index >= 15 is 0 Å². The standard InChI is InChI=1S/C5H8NO3/c1-3-4(7)6-5(8)9-2/h3H,1-2H3,(H,6,7,8). The van der Waals surface area contributed by atoms with Crippen molar-refractivity contribution >= 4 is 12.0 Å². The van der Waals surface area contributed by atoms with Gasteiger partial charge in [-0.15, -0.1) is 0 Å². The third-order valence-corrected chi connectivity index (χ3v) is 0.673. The van der Waals surface area contributed by atoms with Gasteiger partial charge in [-0.2, -0.15) is 0 Å². The molecular weight excluding hydrogens is 122 g/mol. The maximum atomic E-state index is 10.3. The first-order valence-electron chi connectivity index (χ1n) is 2.39.